The number of amides is 1. The summed E-state index contributed by atoms with van der Waals surface area (Å²) in [4.78, 5) is 11.6. The van der Waals surface area contributed by atoms with Gasteiger partial charge < -0.3 is 10.1 Å². The van der Waals surface area contributed by atoms with Crippen molar-refractivity contribution in [2.24, 2.45) is 0 Å². The number of carbonyl (C=O) groups is 1. The molecule has 1 aliphatic heterocycles. The molecule has 1 fully saturated rings. The largest absolute Gasteiger partial charge is 0.379 e. The van der Waals surface area contributed by atoms with Crippen LogP contribution < -0.4 is 5.32 Å². The van der Waals surface area contributed by atoms with E-state index in [0.29, 0.717) is 13.0 Å². The predicted molar refractivity (Wildman–Crippen MR) is 74.6 cm³/mol. The van der Waals surface area contributed by atoms with Gasteiger partial charge in [-0.25, -0.2) is 0 Å². The van der Waals surface area contributed by atoms with E-state index in [0.717, 1.165) is 24.5 Å². The van der Waals surface area contributed by atoms with Gasteiger partial charge in [-0.1, -0.05) is 30.3 Å². The van der Waals surface area contributed by atoms with Gasteiger partial charge in [0.05, 0.1) is 12.6 Å². The zero-order valence-electron chi connectivity index (χ0n) is 10.4. The van der Waals surface area contributed by atoms with Crippen LogP contribution in [0.3, 0.4) is 0 Å². The molecule has 1 aromatic rings. The fourth-order valence-electron chi connectivity index (χ4n) is 1.88. The van der Waals surface area contributed by atoms with Crippen molar-refractivity contribution >= 4 is 17.7 Å². The molecule has 1 saturated heterocycles. The monoisotopic (exact) mass is 265 g/mol. The average Bonchev–Trinajstić information content (AvgIpc) is 2.89. The van der Waals surface area contributed by atoms with Crippen LogP contribution in [-0.4, -0.2) is 30.9 Å². The molecule has 98 valence electrons. The van der Waals surface area contributed by atoms with E-state index in [4.69, 9.17) is 4.74 Å². The minimum atomic E-state index is 0.145. The minimum absolute atomic E-state index is 0.145. The van der Waals surface area contributed by atoms with E-state index in [9.17, 15) is 4.79 Å². The zero-order chi connectivity index (χ0) is 12.6. The number of hydrogen-bond donors (Lipinski definition) is 1. The quantitative estimate of drug-likeness (QED) is 0.802. The Labute approximate surface area is 112 Å². The molecule has 18 heavy (non-hydrogen) atoms. The molecule has 2 rings (SSSR count). The first kappa shape index (κ1) is 13.4. The van der Waals surface area contributed by atoms with Gasteiger partial charge >= 0.3 is 0 Å². The predicted octanol–water partition coefficient (Wildman–Crippen LogP) is 2.21. The van der Waals surface area contributed by atoms with Crippen molar-refractivity contribution in [3.05, 3.63) is 35.9 Å². The number of hydrogen-bond acceptors (Lipinski definition) is 3. The Morgan fingerprint density at radius 1 is 1.39 bits per heavy atom. The first-order chi connectivity index (χ1) is 8.84. The number of ether oxygens (including phenoxy) is 1. The van der Waals surface area contributed by atoms with Crippen LogP contribution in [0.4, 0.5) is 0 Å². The van der Waals surface area contributed by atoms with Crippen molar-refractivity contribution in [3.63, 3.8) is 0 Å². The van der Waals surface area contributed by atoms with Crippen molar-refractivity contribution in [1.82, 2.24) is 5.32 Å². The summed E-state index contributed by atoms with van der Waals surface area (Å²) in [7, 11) is 0. The Bertz CT molecular complexity index is 363. The van der Waals surface area contributed by atoms with Crippen molar-refractivity contribution in [1.29, 1.82) is 0 Å². The average molecular weight is 265 g/mol. The lowest BCUT2D eigenvalue weighted by molar-refractivity contribution is -0.121. The van der Waals surface area contributed by atoms with E-state index in [-0.39, 0.29) is 11.9 Å². The molecular formula is C14H19NO2S. The van der Waals surface area contributed by atoms with Crippen LogP contribution in [0.15, 0.2) is 30.3 Å². The molecule has 0 radical (unpaired) electrons. The second-order valence-electron chi connectivity index (χ2n) is 4.42. The van der Waals surface area contributed by atoms with Crippen LogP contribution in [0, 0.1) is 0 Å². The lowest BCUT2D eigenvalue weighted by Gasteiger charge is -2.10. The molecule has 3 nitrogen and oxygen atoms in total. The molecule has 4 heteroatoms. The Morgan fingerprint density at radius 3 is 2.94 bits per heavy atom. The Hall–Kier alpha value is -1.00. The molecular weight excluding hydrogens is 246 g/mol. The van der Waals surface area contributed by atoms with E-state index in [1.807, 2.05) is 18.2 Å². The molecule has 0 saturated carbocycles. The summed E-state index contributed by atoms with van der Waals surface area (Å²) in [5, 5.41) is 3.00. The highest BCUT2D eigenvalue weighted by molar-refractivity contribution is 7.98. The number of nitrogens with one attached hydrogen (secondary N) is 1. The molecule has 1 heterocycles. The number of carbonyl (C=O) groups excluding carboxylic acids is 1. The molecule has 1 atom stereocenters. The zero-order valence-corrected chi connectivity index (χ0v) is 11.2. The van der Waals surface area contributed by atoms with Crippen LogP contribution in [-0.2, 0) is 15.3 Å². The van der Waals surface area contributed by atoms with Gasteiger partial charge in [-0.15, -0.1) is 0 Å². The van der Waals surface area contributed by atoms with Gasteiger partial charge in [-0.3, -0.25) is 4.79 Å². The SMILES string of the molecule is O=C(CCSCc1ccccc1)N[C@@H]1CCOC1. The molecule has 1 N–H and O–H groups in total. The number of rotatable bonds is 6. The summed E-state index contributed by atoms with van der Waals surface area (Å²) in [5.41, 5.74) is 1.31. The molecule has 0 unspecified atom stereocenters. The molecule has 1 aliphatic rings. The maximum Gasteiger partial charge on any atom is 0.221 e. The summed E-state index contributed by atoms with van der Waals surface area (Å²) in [6.07, 6.45) is 1.54. The van der Waals surface area contributed by atoms with Crippen molar-refractivity contribution < 1.29 is 9.53 Å². The maximum atomic E-state index is 11.6. The van der Waals surface area contributed by atoms with Gasteiger partial charge in [-0.05, 0) is 12.0 Å². The van der Waals surface area contributed by atoms with Crippen LogP contribution in [0.25, 0.3) is 0 Å². The van der Waals surface area contributed by atoms with Gasteiger partial charge in [0.2, 0.25) is 5.91 Å². The molecule has 0 aromatic heterocycles. The van der Waals surface area contributed by atoms with E-state index in [1.54, 1.807) is 11.8 Å². The highest BCUT2D eigenvalue weighted by Gasteiger charge is 2.17. The van der Waals surface area contributed by atoms with Crippen molar-refractivity contribution in [2.45, 2.75) is 24.6 Å². The Balaban J connectivity index is 1.56. The minimum Gasteiger partial charge on any atom is -0.379 e. The molecule has 1 aromatic carbocycles. The van der Waals surface area contributed by atoms with Crippen LogP contribution in [0.2, 0.25) is 0 Å². The number of benzene rings is 1. The molecule has 0 aliphatic carbocycles. The summed E-state index contributed by atoms with van der Waals surface area (Å²) < 4.78 is 5.22. The normalized spacial score (nSPS) is 18.8. The molecule has 0 bridgehead atoms. The standard InChI is InChI=1S/C14H19NO2S/c16-14(15-13-6-8-17-10-13)7-9-18-11-12-4-2-1-3-5-12/h1-5,13H,6-11H2,(H,15,16)/t13-/m1/s1. The van der Waals surface area contributed by atoms with E-state index >= 15 is 0 Å². The number of thioether (sulfide) groups is 1. The second-order valence-corrected chi connectivity index (χ2v) is 5.52. The third-order valence-electron chi connectivity index (χ3n) is 2.88. The fourth-order valence-corrected chi connectivity index (χ4v) is 2.78. The topological polar surface area (TPSA) is 38.3 Å². The first-order valence-electron chi connectivity index (χ1n) is 6.33. The lowest BCUT2D eigenvalue weighted by Crippen LogP contribution is -2.35. The Morgan fingerprint density at radius 2 is 2.22 bits per heavy atom. The highest BCUT2D eigenvalue weighted by Crippen LogP contribution is 2.12. The van der Waals surface area contributed by atoms with Crippen LogP contribution in [0.5, 0.6) is 0 Å². The van der Waals surface area contributed by atoms with E-state index < -0.39 is 0 Å². The summed E-state index contributed by atoms with van der Waals surface area (Å²) in [6, 6.07) is 10.6. The fraction of sp³-hybridized carbons (Fsp3) is 0.500. The summed E-state index contributed by atoms with van der Waals surface area (Å²) in [6.45, 7) is 1.44. The lowest BCUT2D eigenvalue weighted by atomic mass is 10.2. The smallest absolute Gasteiger partial charge is 0.221 e. The van der Waals surface area contributed by atoms with Crippen molar-refractivity contribution in [3.8, 4) is 0 Å². The van der Waals surface area contributed by atoms with Gasteiger partial charge in [0, 0.05) is 24.5 Å². The van der Waals surface area contributed by atoms with Gasteiger partial charge in [0.1, 0.15) is 0 Å². The van der Waals surface area contributed by atoms with Crippen LogP contribution in [0.1, 0.15) is 18.4 Å². The maximum absolute atomic E-state index is 11.6. The highest BCUT2D eigenvalue weighted by atomic mass is 32.2. The third-order valence-corrected chi connectivity index (χ3v) is 3.91. The van der Waals surface area contributed by atoms with E-state index in [2.05, 4.69) is 17.4 Å². The van der Waals surface area contributed by atoms with Gasteiger partial charge in [0.25, 0.3) is 0 Å². The molecule has 1 amide bonds. The van der Waals surface area contributed by atoms with Gasteiger partial charge in [-0.2, -0.15) is 11.8 Å². The third kappa shape index (κ3) is 4.70. The van der Waals surface area contributed by atoms with E-state index in [1.165, 1.54) is 5.56 Å². The summed E-state index contributed by atoms with van der Waals surface area (Å²) >= 11 is 1.80. The van der Waals surface area contributed by atoms with Gasteiger partial charge in [0.15, 0.2) is 0 Å². The van der Waals surface area contributed by atoms with Crippen molar-refractivity contribution in [2.75, 3.05) is 19.0 Å². The van der Waals surface area contributed by atoms with Crippen LogP contribution >= 0.6 is 11.8 Å². The molecule has 0 spiro atoms. The first-order valence-corrected chi connectivity index (χ1v) is 7.49. The second kappa shape index (κ2) is 7.44. The Kier molecular flexibility index (Phi) is 5.55. The summed E-state index contributed by atoms with van der Waals surface area (Å²) in [5.74, 6) is 1.99.